The molecule has 13 nitrogen and oxygen atoms in total. The van der Waals surface area contributed by atoms with Gasteiger partial charge in [0.25, 0.3) is 5.91 Å². The van der Waals surface area contributed by atoms with Crippen molar-refractivity contribution in [3.05, 3.63) is 53.3 Å². The molecule has 0 spiro atoms. The largest absolute Gasteiger partial charge is 0.453 e. The van der Waals surface area contributed by atoms with Crippen molar-refractivity contribution < 1.29 is 19.1 Å². The number of carbonyl (C=O) groups excluding carboxylic acids is 2. The van der Waals surface area contributed by atoms with Crippen molar-refractivity contribution in [3.8, 4) is 11.4 Å². The van der Waals surface area contributed by atoms with E-state index in [9.17, 15) is 9.59 Å². The van der Waals surface area contributed by atoms with E-state index in [1.54, 1.807) is 22.7 Å². The molecule has 0 unspecified atom stereocenters. The number of fused-ring (bicyclic) bond motifs is 1. The minimum Gasteiger partial charge on any atom is -0.453 e. The van der Waals surface area contributed by atoms with Crippen molar-refractivity contribution in [2.24, 2.45) is 0 Å². The van der Waals surface area contributed by atoms with Gasteiger partial charge >= 0.3 is 6.09 Å². The van der Waals surface area contributed by atoms with E-state index in [-0.39, 0.29) is 18.0 Å². The molecule has 2 N–H and O–H groups in total. The maximum atomic E-state index is 13.4. The number of nitrogens with one attached hydrogen (secondary N) is 2. The standard InChI is InChI=1S/C25H29N9O4/c1-15-5-6-17(23-29-31-34(30-23)18-13-32(14-18)25(36)38-4)11-21(15)28-24(35)19-12-27-33-9-7-20(16(2)22(19)33)26-8-10-37-3/h5-7,9,11-12,18,26H,8,10,13-14H2,1-4H3,(H,28,35). The Labute approximate surface area is 218 Å². The summed E-state index contributed by atoms with van der Waals surface area (Å²) in [6, 6.07) is 7.47. The van der Waals surface area contributed by atoms with Crippen LogP contribution in [0.1, 0.15) is 27.5 Å². The molecule has 4 aromatic rings. The monoisotopic (exact) mass is 519 g/mol. The number of pyridine rings is 1. The van der Waals surface area contributed by atoms with Crippen LogP contribution in [0.3, 0.4) is 0 Å². The second-order valence-electron chi connectivity index (χ2n) is 9.07. The number of nitrogens with zero attached hydrogens (tertiary/aromatic N) is 7. The number of aromatic nitrogens is 6. The first kappa shape index (κ1) is 25.1. The second kappa shape index (κ2) is 10.5. The summed E-state index contributed by atoms with van der Waals surface area (Å²) < 4.78 is 11.5. The minimum atomic E-state index is -0.375. The maximum absolute atomic E-state index is 13.4. The van der Waals surface area contributed by atoms with E-state index < -0.39 is 0 Å². The van der Waals surface area contributed by atoms with Gasteiger partial charge in [-0.25, -0.2) is 9.31 Å². The number of amides is 2. The molecule has 4 heterocycles. The zero-order valence-corrected chi connectivity index (χ0v) is 21.6. The highest BCUT2D eigenvalue weighted by atomic mass is 16.5. The van der Waals surface area contributed by atoms with Gasteiger partial charge in [0, 0.05) is 36.8 Å². The van der Waals surface area contributed by atoms with Gasteiger partial charge in [-0.2, -0.15) is 9.90 Å². The number of benzene rings is 1. The smallest absolute Gasteiger partial charge is 0.409 e. The van der Waals surface area contributed by atoms with Gasteiger partial charge in [0.15, 0.2) is 0 Å². The molecule has 0 atom stereocenters. The molecule has 198 valence electrons. The molecule has 0 radical (unpaired) electrons. The topological polar surface area (TPSA) is 141 Å². The van der Waals surface area contributed by atoms with Crippen molar-refractivity contribution in [1.82, 2.24) is 34.7 Å². The molecule has 2 amide bonds. The highest BCUT2D eigenvalue weighted by molar-refractivity contribution is 6.10. The lowest BCUT2D eigenvalue weighted by Crippen LogP contribution is -2.51. The fourth-order valence-electron chi connectivity index (χ4n) is 4.35. The number of aryl methyl sites for hydroxylation is 2. The van der Waals surface area contributed by atoms with Gasteiger partial charge in [-0.3, -0.25) is 4.79 Å². The molecule has 1 aliphatic heterocycles. The molecule has 1 aromatic carbocycles. The third-order valence-electron chi connectivity index (χ3n) is 6.60. The summed E-state index contributed by atoms with van der Waals surface area (Å²) in [5.74, 6) is 0.155. The molecular formula is C25H29N9O4. The molecule has 1 fully saturated rings. The highest BCUT2D eigenvalue weighted by Crippen LogP contribution is 2.27. The Morgan fingerprint density at radius 3 is 2.71 bits per heavy atom. The lowest BCUT2D eigenvalue weighted by molar-refractivity contribution is 0.0621. The first-order valence-corrected chi connectivity index (χ1v) is 12.1. The number of hydrogen-bond acceptors (Lipinski definition) is 9. The van der Waals surface area contributed by atoms with Crippen LogP contribution in [0.25, 0.3) is 16.9 Å². The number of hydrogen-bond donors (Lipinski definition) is 2. The predicted molar refractivity (Wildman–Crippen MR) is 139 cm³/mol. The van der Waals surface area contributed by atoms with Crippen LogP contribution in [0.15, 0.2) is 36.7 Å². The Kier molecular flexibility index (Phi) is 6.92. The van der Waals surface area contributed by atoms with Crippen LogP contribution in [0.4, 0.5) is 16.2 Å². The molecule has 38 heavy (non-hydrogen) atoms. The zero-order valence-electron chi connectivity index (χ0n) is 21.6. The fraction of sp³-hybridized carbons (Fsp3) is 0.360. The molecule has 3 aromatic heterocycles. The summed E-state index contributed by atoms with van der Waals surface area (Å²) >= 11 is 0. The van der Waals surface area contributed by atoms with Crippen LogP contribution in [-0.2, 0) is 9.47 Å². The van der Waals surface area contributed by atoms with Crippen LogP contribution in [-0.4, -0.2) is 87.2 Å². The van der Waals surface area contributed by atoms with Gasteiger partial charge in [0.2, 0.25) is 5.82 Å². The van der Waals surface area contributed by atoms with Crippen LogP contribution in [0.5, 0.6) is 0 Å². The van der Waals surface area contributed by atoms with Crippen LogP contribution in [0, 0.1) is 13.8 Å². The lowest BCUT2D eigenvalue weighted by Gasteiger charge is -2.36. The van der Waals surface area contributed by atoms with Crippen molar-refractivity contribution in [3.63, 3.8) is 0 Å². The number of anilines is 2. The zero-order chi connectivity index (χ0) is 26.8. The molecular weight excluding hydrogens is 490 g/mol. The van der Waals surface area contributed by atoms with Gasteiger partial charge in [0.05, 0.1) is 44.1 Å². The Morgan fingerprint density at radius 2 is 1.95 bits per heavy atom. The molecule has 13 heteroatoms. The Balaban J connectivity index is 1.34. The number of methoxy groups -OCH3 is 2. The molecule has 0 saturated carbocycles. The van der Waals surface area contributed by atoms with Crippen LogP contribution < -0.4 is 10.6 Å². The summed E-state index contributed by atoms with van der Waals surface area (Å²) in [4.78, 5) is 28.0. The molecule has 1 saturated heterocycles. The maximum Gasteiger partial charge on any atom is 0.409 e. The van der Waals surface area contributed by atoms with E-state index in [0.717, 1.165) is 22.3 Å². The molecule has 5 rings (SSSR count). The summed E-state index contributed by atoms with van der Waals surface area (Å²) in [7, 11) is 3.01. The average Bonchev–Trinajstić information content (AvgIpc) is 3.54. The third kappa shape index (κ3) is 4.75. The van der Waals surface area contributed by atoms with Crippen molar-refractivity contribution in [1.29, 1.82) is 0 Å². The summed E-state index contributed by atoms with van der Waals surface area (Å²) in [6.45, 7) is 6.01. The first-order chi connectivity index (χ1) is 18.4. The van der Waals surface area contributed by atoms with Crippen molar-refractivity contribution in [2.75, 3.05) is 51.1 Å². The summed E-state index contributed by atoms with van der Waals surface area (Å²) in [6.07, 6.45) is 3.02. The van der Waals surface area contributed by atoms with Crippen LogP contribution in [0.2, 0.25) is 0 Å². The number of tetrazole rings is 1. The number of rotatable bonds is 8. The van der Waals surface area contributed by atoms with E-state index in [4.69, 9.17) is 9.47 Å². The van der Waals surface area contributed by atoms with Gasteiger partial charge in [-0.1, -0.05) is 12.1 Å². The first-order valence-electron chi connectivity index (χ1n) is 12.1. The normalized spacial score (nSPS) is 13.4. The quantitative estimate of drug-likeness (QED) is 0.336. The number of ether oxygens (including phenoxy) is 2. The van der Waals surface area contributed by atoms with E-state index in [2.05, 4.69) is 31.1 Å². The minimum absolute atomic E-state index is 0.0623. The second-order valence-corrected chi connectivity index (χ2v) is 9.07. The Morgan fingerprint density at radius 1 is 1.13 bits per heavy atom. The van der Waals surface area contributed by atoms with Crippen LogP contribution >= 0.6 is 0 Å². The van der Waals surface area contributed by atoms with E-state index >= 15 is 0 Å². The highest BCUT2D eigenvalue weighted by Gasteiger charge is 2.34. The number of likely N-dealkylation sites (tertiary alicyclic amines) is 1. The molecule has 0 aliphatic carbocycles. The van der Waals surface area contributed by atoms with Crippen molar-refractivity contribution >= 4 is 28.9 Å². The van der Waals surface area contributed by atoms with E-state index in [1.165, 1.54) is 11.9 Å². The van der Waals surface area contributed by atoms with Gasteiger partial charge in [0.1, 0.15) is 6.04 Å². The lowest BCUT2D eigenvalue weighted by atomic mass is 10.1. The van der Waals surface area contributed by atoms with Gasteiger partial charge in [-0.15, -0.1) is 10.2 Å². The summed E-state index contributed by atoms with van der Waals surface area (Å²) in [5.41, 5.74) is 5.25. The van der Waals surface area contributed by atoms with Gasteiger partial charge < -0.3 is 25.0 Å². The van der Waals surface area contributed by atoms with Gasteiger partial charge in [-0.05, 0) is 42.3 Å². The van der Waals surface area contributed by atoms with E-state index in [0.29, 0.717) is 48.9 Å². The Hall–Kier alpha value is -4.52. The summed E-state index contributed by atoms with van der Waals surface area (Å²) in [5, 5.41) is 23.5. The molecule has 0 bridgehead atoms. The van der Waals surface area contributed by atoms with E-state index in [1.807, 2.05) is 44.3 Å². The third-order valence-corrected chi connectivity index (χ3v) is 6.60. The molecule has 1 aliphatic rings. The predicted octanol–water partition coefficient (Wildman–Crippen LogP) is 2.54. The number of carbonyl (C=O) groups is 2. The fourth-order valence-corrected chi connectivity index (χ4v) is 4.35. The SMILES string of the molecule is COCCNc1ccn2ncc(C(=O)Nc3cc(-c4nnn(C5CN(C(=O)OC)C5)n4)ccc3C)c2c1C. The Bertz CT molecular complexity index is 1490. The van der Waals surface area contributed by atoms with Crippen molar-refractivity contribution in [2.45, 2.75) is 19.9 Å². The average molecular weight is 520 g/mol.